The number of rotatable bonds is 4. The largest absolute Gasteiger partial charge is 0.464 e. The molecule has 0 spiro atoms. The molecule has 1 N–H and O–H groups in total. The lowest BCUT2D eigenvalue weighted by Crippen LogP contribution is -2.18. The quantitative estimate of drug-likeness (QED) is 0.715. The van der Waals surface area contributed by atoms with Gasteiger partial charge in [-0.15, -0.1) is 10.2 Å². The minimum Gasteiger partial charge on any atom is -0.464 e. The second kappa shape index (κ2) is 6.65. The van der Waals surface area contributed by atoms with Crippen molar-refractivity contribution in [2.45, 2.75) is 0 Å². The number of hydrogen-bond acceptors (Lipinski definition) is 7. The first-order chi connectivity index (χ1) is 11.7. The van der Waals surface area contributed by atoms with Gasteiger partial charge in [0.15, 0.2) is 17.2 Å². The standard InChI is InChI=1S/C15H12N6O3/c1-24-15(23)13-10(3-2-6-17-13)18-14(22)11-4-5-12(20-19-11)21-8-7-16-9-21/h2-9H,1H3,(H,18,22). The normalized spacial score (nSPS) is 10.2. The van der Waals surface area contributed by atoms with Crippen molar-refractivity contribution in [3.63, 3.8) is 0 Å². The highest BCUT2D eigenvalue weighted by Gasteiger charge is 2.16. The SMILES string of the molecule is COC(=O)c1ncccc1NC(=O)c1ccc(-n2ccnc2)nn1. The number of imidazole rings is 1. The minimum absolute atomic E-state index is 0.0105. The molecule has 0 saturated carbocycles. The molecule has 9 heteroatoms. The lowest BCUT2D eigenvalue weighted by molar-refractivity contribution is 0.0595. The molecule has 0 aliphatic carbocycles. The van der Waals surface area contributed by atoms with Gasteiger partial charge in [0, 0.05) is 18.6 Å². The second-order valence-electron chi connectivity index (χ2n) is 4.59. The lowest BCUT2D eigenvalue weighted by atomic mass is 10.2. The zero-order valence-corrected chi connectivity index (χ0v) is 12.6. The Morgan fingerprint density at radius 3 is 2.71 bits per heavy atom. The summed E-state index contributed by atoms with van der Waals surface area (Å²) in [5, 5.41) is 10.4. The highest BCUT2D eigenvalue weighted by molar-refractivity contribution is 6.06. The summed E-state index contributed by atoms with van der Waals surface area (Å²) in [5.74, 6) is -0.633. The van der Waals surface area contributed by atoms with Gasteiger partial charge in [0.05, 0.1) is 12.8 Å². The molecule has 24 heavy (non-hydrogen) atoms. The number of pyridine rings is 1. The zero-order chi connectivity index (χ0) is 16.9. The molecule has 0 aliphatic heterocycles. The van der Waals surface area contributed by atoms with Crippen LogP contribution in [0.3, 0.4) is 0 Å². The fourth-order valence-electron chi connectivity index (χ4n) is 1.93. The molecule has 120 valence electrons. The van der Waals surface area contributed by atoms with Crippen LogP contribution in [0.2, 0.25) is 0 Å². The van der Waals surface area contributed by atoms with Gasteiger partial charge < -0.3 is 10.1 Å². The maximum atomic E-state index is 12.3. The van der Waals surface area contributed by atoms with Crippen molar-refractivity contribution < 1.29 is 14.3 Å². The van der Waals surface area contributed by atoms with Gasteiger partial charge in [-0.05, 0) is 24.3 Å². The molecule has 9 nitrogen and oxygen atoms in total. The van der Waals surface area contributed by atoms with Gasteiger partial charge in [0.25, 0.3) is 5.91 Å². The fraction of sp³-hybridized carbons (Fsp3) is 0.0667. The van der Waals surface area contributed by atoms with E-state index in [1.54, 1.807) is 41.5 Å². The summed E-state index contributed by atoms with van der Waals surface area (Å²) < 4.78 is 6.29. The van der Waals surface area contributed by atoms with Crippen LogP contribution in [0.4, 0.5) is 5.69 Å². The first-order valence-corrected chi connectivity index (χ1v) is 6.86. The Balaban J connectivity index is 1.80. The summed E-state index contributed by atoms with van der Waals surface area (Å²) >= 11 is 0. The molecular formula is C15H12N6O3. The Morgan fingerprint density at radius 2 is 2.04 bits per heavy atom. The Bertz CT molecular complexity index is 861. The molecule has 3 aromatic rings. The molecule has 3 rings (SSSR count). The number of hydrogen-bond donors (Lipinski definition) is 1. The Morgan fingerprint density at radius 1 is 1.17 bits per heavy atom. The van der Waals surface area contributed by atoms with Crippen LogP contribution in [-0.2, 0) is 4.74 Å². The highest BCUT2D eigenvalue weighted by Crippen LogP contribution is 2.14. The van der Waals surface area contributed by atoms with E-state index < -0.39 is 11.9 Å². The summed E-state index contributed by atoms with van der Waals surface area (Å²) in [5.41, 5.74) is 0.338. The molecule has 0 radical (unpaired) electrons. The van der Waals surface area contributed by atoms with Crippen LogP contribution < -0.4 is 5.32 Å². The number of nitrogens with one attached hydrogen (secondary N) is 1. The van der Waals surface area contributed by atoms with E-state index in [1.807, 2.05) is 0 Å². The first-order valence-electron chi connectivity index (χ1n) is 6.86. The van der Waals surface area contributed by atoms with Gasteiger partial charge in [-0.3, -0.25) is 9.36 Å². The smallest absolute Gasteiger partial charge is 0.358 e. The maximum absolute atomic E-state index is 12.3. The molecule has 0 fully saturated rings. The van der Waals surface area contributed by atoms with E-state index in [0.717, 1.165) is 0 Å². The van der Waals surface area contributed by atoms with Gasteiger partial charge >= 0.3 is 5.97 Å². The van der Waals surface area contributed by atoms with Crippen LogP contribution in [0.15, 0.2) is 49.2 Å². The molecule has 3 aromatic heterocycles. The van der Waals surface area contributed by atoms with Gasteiger partial charge in [-0.2, -0.15) is 0 Å². The van der Waals surface area contributed by atoms with E-state index in [2.05, 4.69) is 30.2 Å². The Kier molecular flexibility index (Phi) is 4.23. The van der Waals surface area contributed by atoms with Gasteiger partial charge in [0.1, 0.15) is 6.33 Å². The topological polar surface area (TPSA) is 112 Å². The third kappa shape index (κ3) is 3.09. The van der Waals surface area contributed by atoms with Crippen LogP contribution >= 0.6 is 0 Å². The van der Waals surface area contributed by atoms with Crippen LogP contribution in [-0.4, -0.2) is 43.7 Å². The summed E-state index contributed by atoms with van der Waals surface area (Å²) in [4.78, 5) is 31.7. The molecule has 0 saturated heterocycles. The molecular weight excluding hydrogens is 312 g/mol. The predicted octanol–water partition coefficient (Wildman–Crippen LogP) is 1.10. The minimum atomic E-state index is -0.646. The van der Waals surface area contributed by atoms with Crippen LogP contribution in [0, 0.1) is 0 Å². The Labute approximate surface area is 136 Å². The van der Waals surface area contributed by atoms with Crippen molar-refractivity contribution in [1.82, 2.24) is 24.7 Å². The van der Waals surface area contributed by atoms with Crippen LogP contribution in [0.25, 0.3) is 5.82 Å². The monoisotopic (exact) mass is 324 g/mol. The maximum Gasteiger partial charge on any atom is 0.358 e. The zero-order valence-electron chi connectivity index (χ0n) is 12.6. The summed E-state index contributed by atoms with van der Waals surface area (Å²) in [7, 11) is 1.24. The van der Waals surface area contributed by atoms with Crippen molar-refractivity contribution >= 4 is 17.6 Å². The predicted molar refractivity (Wildman–Crippen MR) is 82.7 cm³/mol. The third-order valence-electron chi connectivity index (χ3n) is 3.09. The highest BCUT2D eigenvalue weighted by atomic mass is 16.5. The molecule has 0 bridgehead atoms. The number of carbonyl (C=O) groups is 2. The van der Waals surface area contributed by atoms with E-state index in [-0.39, 0.29) is 17.1 Å². The van der Waals surface area contributed by atoms with Gasteiger partial charge in [-0.25, -0.2) is 14.8 Å². The Hall–Kier alpha value is -3.62. The summed E-state index contributed by atoms with van der Waals surface area (Å²) in [6, 6.07) is 6.29. The number of carbonyl (C=O) groups excluding carboxylic acids is 2. The van der Waals surface area contributed by atoms with E-state index in [9.17, 15) is 9.59 Å². The number of methoxy groups -OCH3 is 1. The second-order valence-corrected chi connectivity index (χ2v) is 4.59. The molecule has 0 aliphatic rings. The fourth-order valence-corrected chi connectivity index (χ4v) is 1.93. The molecule has 0 atom stereocenters. The third-order valence-corrected chi connectivity index (χ3v) is 3.09. The van der Waals surface area contributed by atoms with Crippen LogP contribution in [0.1, 0.15) is 21.0 Å². The first kappa shape index (κ1) is 15.3. The van der Waals surface area contributed by atoms with Crippen molar-refractivity contribution in [3.8, 4) is 5.82 Å². The van der Waals surface area contributed by atoms with E-state index >= 15 is 0 Å². The van der Waals surface area contributed by atoms with Crippen molar-refractivity contribution in [2.24, 2.45) is 0 Å². The van der Waals surface area contributed by atoms with Crippen LogP contribution in [0.5, 0.6) is 0 Å². The summed E-state index contributed by atoms with van der Waals surface area (Å²) in [6.45, 7) is 0. The average molecular weight is 324 g/mol. The molecule has 0 aromatic carbocycles. The lowest BCUT2D eigenvalue weighted by Gasteiger charge is -2.08. The number of amides is 1. The number of nitrogens with zero attached hydrogens (tertiary/aromatic N) is 5. The van der Waals surface area contributed by atoms with E-state index in [0.29, 0.717) is 5.82 Å². The number of ether oxygens (including phenoxy) is 1. The number of aromatic nitrogens is 5. The molecule has 1 amide bonds. The van der Waals surface area contributed by atoms with E-state index in [1.165, 1.54) is 19.4 Å². The van der Waals surface area contributed by atoms with E-state index in [4.69, 9.17) is 0 Å². The van der Waals surface area contributed by atoms with Crippen molar-refractivity contribution in [1.29, 1.82) is 0 Å². The average Bonchev–Trinajstić information content (AvgIpc) is 3.16. The van der Waals surface area contributed by atoms with Gasteiger partial charge in [0.2, 0.25) is 0 Å². The van der Waals surface area contributed by atoms with Crippen molar-refractivity contribution in [2.75, 3.05) is 12.4 Å². The number of esters is 1. The number of anilines is 1. The molecule has 3 heterocycles. The van der Waals surface area contributed by atoms with Crippen molar-refractivity contribution in [3.05, 3.63) is 60.6 Å². The molecule has 0 unspecified atom stereocenters. The summed E-state index contributed by atoms with van der Waals surface area (Å²) in [6.07, 6.45) is 6.32. The van der Waals surface area contributed by atoms with Gasteiger partial charge in [-0.1, -0.05) is 0 Å².